The van der Waals surface area contributed by atoms with Crippen molar-refractivity contribution in [2.24, 2.45) is 0 Å². The van der Waals surface area contributed by atoms with Crippen molar-refractivity contribution in [3.8, 4) is 27.9 Å². The van der Waals surface area contributed by atoms with Gasteiger partial charge >= 0.3 is 0 Å². The van der Waals surface area contributed by atoms with E-state index >= 15 is 0 Å². The van der Waals surface area contributed by atoms with Gasteiger partial charge in [0.2, 0.25) is 0 Å². The maximum atomic E-state index is 2.53. The van der Waals surface area contributed by atoms with Crippen LogP contribution in [0.2, 0.25) is 0 Å². The average Bonchev–Trinajstić information content (AvgIpc) is 3.66. The summed E-state index contributed by atoms with van der Waals surface area (Å²) < 4.78 is 2.53. The van der Waals surface area contributed by atoms with Crippen molar-refractivity contribution in [2.75, 3.05) is 4.90 Å². The summed E-state index contributed by atoms with van der Waals surface area (Å²) in [4.78, 5) is 2.47. The van der Waals surface area contributed by atoms with Crippen LogP contribution in [0.3, 0.4) is 0 Å². The third-order valence-corrected chi connectivity index (χ3v) is 13.5. The second kappa shape index (κ2) is 13.0. The Hall–Kier alpha value is -7.42. The van der Waals surface area contributed by atoms with Crippen molar-refractivity contribution in [1.29, 1.82) is 0 Å². The van der Waals surface area contributed by atoms with Gasteiger partial charge in [0.05, 0.1) is 27.8 Å². The molecule has 1 aliphatic heterocycles. The second-order valence-corrected chi connectivity index (χ2v) is 16.9. The van der Waals surface area contributed by atoms with Crippen LogP contribution in [0.25, 0.3) is 49.7 Å². The first kappa shape index (κ1) is 34.6. The van der Waals surface area contributed by atoms with Crippen LogP contribution in [0.4, 0.5) is 17.1 Å². The van der Waals surface area contributed by atoms with Crippen LogP contribution in [0.5, 0.6) is 0 Å². The molecule has 2 aliphatic rings. The van der Waals surface area contributed by atoms with Gasteiger partial charge in [0, 0.05) is 33.1 Å². The molecule has 0 radical (unpaired) electrons. The Labute approximate surface area is 351 Å². The van der Waals surface area contributed by atoms with Gasteiger partial charge in [-0.15, -0.1) is 0 Å². The molecule has 1 atom stereocenters. The number of fused-ring (bicyclic) bond motifs is 11. The Morgan fingerprint density at radius 1 is 0.383 bits per heavy atom. The third kappa shape index (κ3) is 4.76. The van der Waals surface area contributed by atoms with E-state index in [1.54, 1.807) is 0 Å². The fourth-order valence-electron chi connectivity index (χ4n) is 10.8. The fourth-order valence-corrected chi connectivity index (χ4v) is 10.8. The summed E-state index contributed by atoms with van der Waals surface area (Å²) in [5.41, 5.74) is 19.1. The van der Waals surface area contributed by atoms with E-state index in [-0.39, 0.29) is 5.41 Å². The van der Waals surface area contributed by atoms with E-state index in [0.717, 1.165) is 17.1 Å². The minimum atomic E-state index is -0.551. The second-order valence-electron chi connectivity index (χ2n) is 16.9. The SMILES string of the molecule is CC1(C)c2ccccc2C2(c3ccccc3-n3c4ccccc4c4cccc2c43)c2ccc(N(c3ccc(-c4ccccc4)cc3)c3ccccc3-c3ccccc3)cc21. The number of hydrogen-bond acceptors (Lipinski definition) is 1. The van der Waals surface area contributed by atoms with Crippen LogP contribution in [0.1, 0.15) is 47.2 Å². The summed E-state index contributed by atoms with van der Waals surface area (Å²) in [5, 5.41) is 2.58. The smallest absolute Gasteiger partial charge is 0.0748 e. The van der Waals surface area contributed by atoms with Crippen molar-refractivity contribution >= 4 is 38.9 Å². The molecule has 0 fully saturated rings. The lowest BCUT2D eigenvalue weighted by atomic mass is 9.53. The third-order valence-electron chi connectivity index (χ3n) is 13.5. The van der Waals surface area contributed by atoms with Crippen molar-refractivity contribution in [3.05, 3.63) is 252 Å². The van der Waals surface area contributed by atoms with Gasteiger partial charge in [0.25, 0.3) is 0 Å². The number of aromatic nitrogens is 1. The Bertz CT molecular complexity index is 3280. The van der Waals surface area contributed by atoms with Crippen molar-refractivity contribution in [3.63, 3.8) is 0 Å². The average molecular weight is 767 g/mol. The minimum absolute atomic E-state index is 0.304. The molecule has 1 aromatic heterocycles. The summed E-state index contributed by atoms with van der Waals surface area (Å²) in [6, 6.07) is 81.0. The summed E-state index contributed by atoms with van der Waals surface area (Å²) in [6.45, 7) is 4.84. The van der Waals surface area contributed by atoms with Gasteiger partial charge in [-0.2, -0.15) is 0 Å². The highest BCUT2D eigenvalue weighted by Crippen LogP contribution is 2.61. The number of rotatable bonds is 5. The van der Waals surface area contributed by atoms with Gasteiger partial charge in [0.1, 0.15) is 0 Å². The summed E-state index contributed by atoms with van der Waals surface area (Å²) in [5.74, 6) is 0. The molecular formula is C58H42N2. The predicted molar refractivity (Wildman–Crippen MR) is 250 cm³/mol. The number of anilines is 3. The zero-order chi connectivity index (χ0) is 40.0. The first-order valence-electron chi connectivity index (χ1n) is 21.0. The van der Waals surface area contributed by atoms with Crippen LogP contribution in [0, 0.1) is 0 Å². The molecule has 0 N–H and O–H groups in total. The molecular weight excluding hydrogens is 725 g/mol. The molecule has 1 spiro atoms. The van der Waals surface area contributed by atoms with Gasteiger partial charge in [-0.3, -0.25) is 0 Å². The lowest BCUT2D eigenvalue weighted by molar-refractivity contribution is 0.556. The molecule has 0 bridgehead atoms. The Morgan fingerprint density at radius 3 is 1.75 bits per heavy atom. The normalized spacial score (nSPS) is 15.7. The zero-order valence-corrected chi connectivity index (χ0v) is 33.7. The molecule has 0 amide bonds. The Morgan fingerprint density at radius 2 is 0.950 bits per heavy atom. The first-order chi connectivity index (χ1) is 29.5. The van der Waals surface area contributed by atoms with E-state index in [0.29, 0.717) is 0 Å². The maximum absolute atomic E-state index is 2.53. The van der Waals surface area contributed by atoms with Crippen LogP contribution in [-0.2, 0) is 10.8 Å². The molecule has 10 aromatic rings. The number of nitrogens with zero attached hydrogens (tertiary/aromatic N) is 2. The van der Waals surface area contributed by atoms with E-state index in [1.807, 2.05) is 0 Å². The maximum Gasteiger partial charge on any atom is 0.0748 e. The molecule has 0 saturated carbocycles. The lowest BCUT2D eigenvalue weighted by Gasteiger charge is -2.50. The summed E-state index contributed by atoms with van der Waals surface area (Å²) in [6.07, 6.45) is 0. The van der Waals surface area contributed by atoms with Crippen LogP contribution in [-0.4, -0.2) is 4.57 Å². The molecule has 2 heteroatoms. The molecule has 2 nitrogen and oxygen atoms in total. The molecule has 12 rings (SSSR count). The van der Waals surface area contributed by atoms with Crippen molar-refractivity contribution in [1.82, 2.24) is 4.57 Å². The van der Waals surface area contributed by atoms with Crippen molar-refractivity contribution < 1.29 is 0 Å². The topological polar surface area (TPSA) is 8.17 Å². The van der Waals surface area contributed by atoms with E-state index in [1.165, 1.54) is 83.1 Å². The fraction of sp³-hybridized carbons (Fsp3) is 0.0690. The largest absolute Gasteiger partial charge is 0.310 e. The highest BCUT2D eigenvalue weighted by Gasteiger charge is 2.52. The van der Waals surface area contributed by atoms with Crippen LogP contribution < -0.4 is 4.90 Å². The molecule has 1 aliphatic carbocycles. The molecule has 284 valence electrons. The van der Waals surface area contributed by atoms with Crippen LogP contribution >= 0.6 is 0 Å². The number of para-hydroxylation sites is 4. The van der Waals surface area contributed by atoms with E-state index in [9.17, 15) is 0 Å². The quantitative estimate of drug-likeness (QED) is 0.169. The first-order valence-corrected chi connectivity index (χ1v) is 21.0. The van der Waals surface area contributed by atoms with Crippen LogP contribution in [0.15, 0.2) is 218 Å². The molecule has 2 heterocycles. The lowest BCUT2D eigenvalue weighted by Crippen LogP contribution is -2.44. The number of benzene rings is 9. The standard InChI is InChI=1S/C58H42N2/c1-57(2)47-25-11-12-26-48(47)58(50-27-13-16-31-55(50)60-54-30-15-10-23-45(54)46-24-17-28-51(58)56(46)60)49-37-36-43(38-52(49)57)59(42-34-32-40(33-35-42)39-18-5-3-6-19-39)53-29-14-9-22-44(53)41-20-7-4-8-21-41/h3-38H,1-2H3. The number of hydrogen-bond donors (Lipinski definition) is 0. The summed E-state index contributed by atoms with van der Waals surface area (Å²) in [7, 11) is 0. The Kier molecular flexibility index (Phi) is 7.52. The zero-order valence-electron chi connectivity index (χ0n) is 33.7. The summed E-state index contributed by atoms with van der Waals surface area (Å²) >= 11 is 0. The molecule has 60 heavy (non-hydrogen) atoms. The van der Waals surface area contributed by atoms with Gasteiger partial charge in [-0.25, -0.2) is 0 Å². The Balaban J connectivity index is 1.15. The highest BCUT2D eigenvalue weighted by atomic mass is 15.1. The van der Waals surface area contributed by atoms with Crippen molar-refractivity contribution in [2.45, 2.75) is 24.7 Å². The minimum Gasteiger partial charge on any atom is -0.310 e. The van der Waals surface area contributed by atoms with Gasteiger partial charge in [-0.1, -0.05) is 190 Å². The predicted octanol–water partition coefficient (Wildman–Crippen LogP) is 14.9. The van der Waals surface area contributed by atoms with Gasteiger partial charge in [0.15, 0.2) is 0 Å². The monoisotopic (exact) mass is 766 g/mol. The van der Waals surface area contributed by atoms with Gasteiger partial charge in [-0.05, 0) is 92.5 Å². The molecule has 0 saturated heterocycles. The van der Waals surface area contributed by atoms with E-state index in [2.05, 4.69) is 242 Å². The van der Waals surface area contributed by atoms with Gasteiger partial charge < -0.3 is 9.47 Å². The van der Waals surface area contributed by atoms with E-state index < -0.39 is 5.41 Å². The molecule has 1 unspecified atom stereocenters. The molecule has 9 aromatic carbocycles. The van der Waals surface area contributed by atoms with E-state index in [4.69, 9.17) is 0 Å². The highest BCUT2D eigenvalue weighted by molar-refractivity contribution is 6.12.